The minimum Gasteiger partial charge on any atom is -0.463 e. The molecule has 0 radical (unpaired) electrons. The first kappa shape index (κ1) is 16.5. The zero-order valence-electron chi connectivity index (χ0n) is 13.8. The van der Waals surface area contributed by atoms with Gasteiger partial charge in [0, 0.05) is 18.7 Å². The van der Waals surface area contributed by atoms with Crippen molar-refractivity contribution in [1.29, 1.82) is 0 Å². The lowest BCUT2D eigenvalue weighted by atomic mass is 9.84. The highest BCUT2D eigenvalue weighted by molar-refractivity contribution is 7.99. The summed E-state index contributed by atoms with van der Waals surface area (Å²) in [7, 11) is 0. The maximum atomic E-state index is 12.6. The third kappa shape index (κ3) is 4.53. The van der Waals surface area contributed by atoms with Crippen molar-refractivity contribution in [2.45, 2.75) is 52.8 Å². The van der Waals surface area contributed by atoms with Gasteiger partial charge in [0.2, 0.25) is 5.91 Å². The third-order valence-corrected chi connectivity index (χ3v) is 4.92. The number of furan rings is 1. The van der Waals surface area contributed by atoms with Gasteiger partial charge in [0.25, 0.3) is 0 Å². The molecular formula is C17H27NO2S. The molecule has 1 amide bonds. The van der Waals surface area contributed by atoms with Gasteiger partial charge in [-0.25, -0.2) is 0 Å². The molecule has 0 N–H and O–H groups in total. The topological polar surface area (TPSA) is 33.5 Å². The Kier molecular flexibility index (Phi) is 5.07. The summed E-state index contributed by atoms with van der Waals surface area (Å²) in [4.78, 5) is 14.6. The Balaban J connectivity index is 1.98. The summed E-state index contributed by atoms with van der Waals surface area (Å²) in [6, 6.07) is 3.97. The zero-order chi connectivity index (χ0) is 15.6. The van der Waals surface area contributed by atoms with Crippen molar-refractivity contribution < 1.29 is 9.21 Å². The van der Waals surface area contributed by atoms with Crippen LogP contribution in [-0.4, -0.2) is 23.1 Å². The van der Waals surface area contributed by atoms with E-state index in [4.69, 9.17) is 4.42 Å². The molecule has 21 heavy (non-hydrogen) atoms. The highest BCUT2D eigenvalue weighted by Gasteiger charge is 2.33. The first-order valence-electron chi connectivity index (χ1n) is 7.74. The van der Waals surface area contributed by atoms with Crippen LogP contribution in [0.25, 0.3) is 0 Å². The molecule has 0 spiro atoms. The minimum absolute atomic E-state index is 0.0630. The van der Waals surface area contributed by atoms with Gasteiger partial charge in [-0.05, 0) is 36.8 Å². The minimum atomic E-state index is 0.0630. The predicted molar refractivity (Wildman–Crippen MR) is 88.2 cm³/mol. The SMILES string of the molecule is Cc1ccc([C@@H]2SCCN2C(=O)C[C@@H](C)CC(C)(C)C)o1. The van der Waals surface area contributed by atoms with Gasteiger partial charge in [0.05, 0.1) is 0 Å². The van der Waals surface area contributed by atoms with E-state index in [2.05, 4.69) is 27.7 Å². The van der Waals surface area contributed by atoms with Crippen molar-refractivity contribution in [1.82, 2.24) is 4.90 Å². The van der Waals surface area contributed by atoms with E-state index in [0.29, 0.717) is 12.3 Å². The molecule has 1 aliphatic rings. The lowest BCUT2D eigenvalue weighted by Gasteiger charge is -2.26. The molecule has 1 saturated heterocycles. The standard InChI is InChI=1S/C17H27NO2S/c1-12(11-17(3,4)5)10-15(19)18-8-9-21-16(18)14-7-6-13(2)20-14/h6-7,12,16H,8-11H2,1-5H3/t12-,16+/m1/s1. The second-order valence-corrected chi connectivity index (χ2v) is 8.52. The Morgan fingerprint density at radius 1 is 1.48 bits per heavy atom. The summed E-state index contributed by atoms with van der Waals surface area (Å²) in [5.74, 6) is 3.49. The fraction of sp³-hybridized carbons (Fsp3) is 0.706. The molecule has 1 aliphatic heterocycles. The number of rotatable bonds is 4. The van der Waals surface area contributed by atoms with Crippen LogP contribution in [0.4, 0.5) is 0 Å². The van der Waals surface area contributed by atoms with Crippen molar-refractivity contribution in [3.8, 4) is 0 Å². The molecule has 0 aromatic carbocycles. The molecule has 2 heterocycles. The van der Waals surface area contributed by atoms with E-state index >= 15 is 0 Å². The smallest absolute Gasteiger partial charge is 0.224 e. The first-order chi connectivity index (χ1) is 9.76. The number of amides is 1. The number of aryl methyl sites for hydroxylation is 1. The largest absolute Gasteiger partial charge is 0.463 e. The average Bonchev–Trinajstić information content (AvgIpc) is 2.93. The number of hydrogen-bond acceptors (Lipinski definition) is 3. The van der Waals surface area contributed by atoms with E-state index in [0.717, 1.165) is 30.2 Å². The molecular weight excluding hydrogens is 282 g/mol. The molecule has 4 heteroatoms. The van der Waals surface area contributed by atoms with Gasteiger partial charge in [0.1, 0.15) is 16.9 Å². The summed E-state index contributed by atoms with van der Waals surface area (Å²) in [6.45, 7) is 11.6. The van der Waals surface area contributed by atoms with Gasteiger partial charge in [-0.1, -0.05) is 27.7 Å². The fourth-order valence-corrected chi connectivity index (χ4v) is 4.30. The lowest BCUT2D eigenvalue weighted by Crippen LogP contribution is -2.31. The van der Waals surface area contributed by atoms with Crippen LogP contribution in [0.5, 0.6) is 0 Å². The van der Waals surface area contributed by atoms with Crippen molar-refractivity contribution in [3.05, 3.63) is 23.7 Å². The predicted octanol–water partition coefficient (Wildman–Crippen LogP) is 4.62. The molecule has 0 unspecified atom stereocenters. The zero-order valence-corrected chi connectivity index (χ0v) is 14.6. The van der Waals surface area contributed by atoms with Gasteiger partial charge in [-0.2, -0.15) is 0 Å². The summed E-state index contributed by atoms with van der Waals surface area (Å²) in [5, 5.41) is 0.0630. The Morgan fingerprint density at radius 2 is 2.19 bits per heavy atom. The molecule has 118 valence electrons. The Hall–Kier alpha value is -0.900. The second kappa shape index (κ2) is 6.47. The van der Waals surface area contributed by atoms with Crippen LogP contribution in [0, 0.1) is 18.3 Å². The molecule has 2 atom stereocenters. The molecule has 0 bridgehead atoms. The van der Waals surface area contributed by atoms with Gasteiger partial charge in [0.15, 0.2) is 0 Å². The van der Waals surface area contributed by atoms with Crippen molar-refractivity contribution in [2.24, 2.45) is 11.3 Å². The molecule has 1 aromatic heterocycles. The highest BCUT2D eigenvalue weighted by atomic mass is 32.2. The van der Waals surface area contributed by atoms with E-state index in [-0.39, 0.29) is 16.7 Å². The quantitative estimate of drug-likeness (QED) is 0.813. The summed E-state index contributed by atoms with van der Waals surface area (Å²) in [6.07, 6.45) is 1.71. The van der Waals surface area contributed by atoms with Crippen LogP contribution in [0.15, 0.2) is 16.5 Å². The lowest BCUT2D eigenvalue weighted by molar-refractivity contribution is -0.132. The summed E-state index contributed by atoms with van der Waals surface area (Å²) >= 11 is 1.80. The number of carbonyl (C=O) groups is 1. The number of carbonyl (C=O) groups excluding carboxylic acids is 1. The van der Waals surface area contributed by atoms with Gasteiger partial charge in [-0.15, -0.1) is 11.8 Å². The Morgan fingerprint density at radius 3 is 2.76 bits per heavy atom. The maximum Gasteiger partial charge on any atom is 0.224 e. The van der Waals surface area contributed by atoms with Gasteiger partial charge >= 0.3 is 0 Å². The molecule has 0 saturated carbocycles. The first-order valence-corrected chi connectivity index (χ1v) is 8.78. The molecule has 0 aliphatic carbocycles. The van der Waals surface area contributed by atoms with E-state index < -0.39 is 0 Å². The monoisotopic (exact) mass is 309 g/mol. The van der Waals surface area contributed by atoms with Gasteiger partial charge < -0.3 is 9.32 Å². The average molecular weight is 309 g/mol. The van der Waals surface area contributed by atoms with E-state index in [1.165, 1.54) is 0 Å². The second-order valence-electron chi connectivity index (χ2n) is 7.33. The number of hydrogen-bond donors (Lipinski definition) is 0. The summed E-state index contributed by atoms with van der Waals surface area (Å²) < 4.78 is 5.72. The van der Waals surface area contributed by atoms with Crippen LogP contribution in [0.1, 0.15) is 57.4 Å². The van der Waals surface area contributed by atoms with Crippen molar-refractivity contribution in [2.75, 3.05) is 12.3 Å². The van der Waals surface area contributed by atoms with Crippen LogP contribution >= 0.6 is 11.8 Å². The van der Waals surface area contributed by atoms with Crippen LogP contribution in [-0.2, 0) is 4.79 Å². The van der Waals surface area contributed by atoms with Crippen molar-refractivity contribution >= 4 is 17.7 Å². The number of thioether (sulfide) groups is 1. The Bertz CT molecular complexity index is 489. The van der Waals surface area contributed by atoms with E-state index in [1.54, 1.807) is 11.8 Å². The van der Waals surface area contributed by atoms with Crippen LogP contribution in [0.2, 0.25) is 0 Å². The van der Waals surface area contributed by atoms with Gasteiger partial charge in [-0.3, -0.25) is 4.79 Å². The van der Waals surface area contributed by atoms with E-state index in [9.17, 15) is 4.79 Å². The molecule has 1 aromatic rings. The van der Waals surface area contributed by atoms with E-state index in [1.807, 2.05) is 24.0 Å². The normalized spacial score (nSPS) is 20.8. The summed E-state index contributed by atoms with van der Waals surface area (Å²) in [5.41, 5.74) is 0.275. The molecule has 3 nitrogen and oxygen atoms in total. The van der Waals surface area contributed by atoms with Crippen LogP contribution < -0.4 is 0 Å². The van der Waals surface area contributed by atoms with Crippen molar-refractivity contribution in [3.63, 3.8) is 0 Å². The maximum absolute atomic E-state index is 12.6. The fourth-order valence-electron chi connectivity index (χ4n) is 3.08. The third-order valence-electron chi connectivity index (χ3n) is 3.70. The number of nitrogens with zero attached hydrogens (tertiary/aromatic N) is 1. The highest BCUT2D eigenvalue weighted by Crippen LogP contribution is 2.39. The molecule has 1 fully saturated rings. The Labute approximate surface area is 132 Å². The molecule has 2 rings (SSSR count). The van der Waals surface area contributed by atoms with Crippen LogP contribution in [0.3, 0.4) is 0 Å².